The Hall–Kier alpha value is -3.18. The lowest BCUT2D eigenvalue weighted by molar-refractivity contribution is -0.384. The zero-order valence-electron chi connectivity index (χ0n) is 18.2. The second kappa shape index (κ2) is 8.64. The lowest BCUT2D eigenvalue weighted by Gasteiger charge is -2.44. The van der Waals surface area contributed by atoms with Crippen LogP contribution in [-0.4, -0.2) is 44.4 Å². The van der Waals surface area contributed by atoms with Crippen LogP contribution in [0.2, 0.25) is 0 Å². The maximum absolute atomic E-state index is 12.9. The van der Waals surface area contributed by atoms with Gasteiger partial charge in [-0.15, -0.1) is 0 Å². The summed E-state index contributed by atoms with van der Waals surface area (Å²) in [5.74, 6) is 1.13. The van der Waals surface area contributed by atoms with Crippen LogP contribution < -0.4 is 19.5 Å². The summed E-state index contributed by atoms with van der Waals surface area (Å²) in [4.78, 5) is 25.4. The maximum atomic E-state index is 12.9. The van der Waals surface area contributed by atoms with E-state index in [1.165, 1.54) is 12.1 Å². The first-order chi connectivity index (χ1) is 15.6. The van der Waals surface area contributed by atoms with Gasteiger partial charge in [0.15, 0.2) is 5.78 Å². The van der Waals surface area contributed by atoms with E-state index in [2.05, 4.69) is 0 Å². The third-order valence-electron chi connectivity index (χ3n) is 6.02. The number of ketones is 1. The Morgan fingerprint density at radius 3 is 2.58 bits per heavy atom. The molecule has 2 aliphatic heterocycles. The van der Waals surface area contributed by atoms with E-state index in [9.17, 15) is 23.3 Å². The number of nitro benzene ring substituents is 1. The van der Waals surface area contributed by atoms with Gasteiger partial charge in [0.25, 0.3) is 5.69 Å². The number of nitro groups is 1. The van der Waals surface area contributed by atoms with Gasteiger partial charge in [0.05, 0.1) is 28.4 Å². The number of ether oxygens (including phenoxy) is 2. The number of anilines is 1. The summed E-state index contributed by atoms with van der Waals surface area (Å²) >= 11 is 0. The van der Waals surface area contributed by atoms with E-state index in [0.717, 1.165) is 12.5 Å². The summed E-state index contributed by atoms with van der Waals surface area (Å²) in [5, 5.41) is 16.7. The first-order valence-corrected chi connectivity index (χ1v) is 12.2. The standard InChI is InChI=1S/C22H25N3O7S/c1-2-11-31-15-3-6-21-17(12-15)20(26)14-22(32-21)7-9-24(10-8-22)18-5-4-16(33(23,29)30)13-19(18)25(27)28/h3-6,12-13H,2,7-11,14H2,1H3,(H2,23,29,30). The van der Waals surface area contributed by atoms with Crippen molar-refractivity contribution in [2.75, 3.05) is 24.6 Å². The number of hydrogen-bond acceptors (Lipinski definition) is 8. The number of fused-ring (bicyclic) bond motifs is 1. The Morgan fingerprint density at radius 1 is 1.21 bits per heavy atom. The molecule has 0 saturated carbocycles. The third kappa shape index (κ3) is 4.64. The van der Waals surface area contributed by atoms with Gasteiger partial charge in [-0.2, -0.15) is 0 Å². The molecule has 1 saturated heterocycles. The molecule has 0 aliphatic carbocycles. The molecule has 0 aromatic heterocycles. The van der Waals surface area contributed by atoms with Gasteiger partial charge < -0.3 is 14.4 Å². The number of nitrogens with zero attached hydrogens (tertiary/aromatic N) is 2. The maximum Gasteiger partial charge on any atom is 0.293 e. The highest BCUT2D eigenvalue weighted by Gasteiger charge is 2.43. The molecule has 33 heavy (non-hydrogen) atoms. The van der Waals surface area contributed by atoms with E-state index in [0.29, 0.717) is 55.3 Å². The van der Waals surface area contributed by atoms with E-state index in [1.54, 1.807) is 23.1 Å². The first-order valence-electron chi connectivity index (χ1n) is 10.7. The van der Waals surface area contributed by atoms with Crippen molar-refractivity contribution in [3.63, 3.8) is 0 Å². The predicted octanol–water partition coefficient (Wildman–Crippen LogP) is 3.04. The van der Waals surface area contributed by atoms with Crippen LogP contribution in [0.25, 0.3) is 0 Å². The zero-order chi connectivity index (χ0) is 23.8. The molecular formula is C22H25N3O7S. The molecule has 0 unspecified atom stereocenters. The molecule has 1 spiro atoms. The van der Waals surface area contributed by atoms with Gasteiger partial charge in [0.1, 0.15) is 22.8 Å². The van der Waals surface area contributed by atoms with Crippen molar-refractivity contribution in [3.8, 4) is 11.5 Å². The van der Waals surface area contributed by atoms with Gasteiger partial charge in [-0.25, -0.2) is 13.6 Å². The van der Waals surface area contributed by atoms with Gasteiger partial charge in [-0.1, -0.05) is 6.92 Å². The highest BCUT2D eigenvalue weighted by Crippen LogP contribution is 2.42. The molecule has 1 fully saturated rings. The van der Waals surface area contributed by atoms with Gasteiger partial charge in [-0.05, 0) is 36.8 Å². The van der Waals surface area contributed by atoms with Crippen molar-refractivity contribution in [1.29, 1.82) is 0 Å². The molecule has 2 aromatic carbocycles. The molecule has 0 atom stereocenters. The highest BCUT2D eigenvalue weighted by molar-refractivity contribution is 7.89. The van der Waals surface area contributed by atoms with Crippen LogP contribution in [0.1, 0.15) is 43.0 Å². The minimum Gasteiger partial charge on any atom is -0.494 e. The van der Waals surface area contributed by atoms with E-state index in [1.807, 2.05) is 6.92 Å². The lowest BCUT2D eigenvalue weighted by atomic mass is 9.82. The molecule has 0 bridgehead atoms. The molecule has 2 aliphatic rings. The van der Waals surface area contributed by atoms with Gasteiger partial charge in [-0.3, -0.25) is 14.9 Å². The van der Waals surface area contributed by atoms with E-state index in [-0.39, 0.29) is 22.8 Å². The molecule has 0 radical (unpaired) electrons. The second-order valence-electron chi connectivity index (χ2n) is 8.33. The average molecular weight is 476 g/mol. The Balaban J connectivity index is 1.52. The van der Waals surface area contributed by atoms with Crippen molar-refractivity contribution in [2.45, 2.75) is 43.1 Å². The number of nitrogens with two attached hydrogens (primary N) is 1. The molecule has 0 amide bonds. The van der Waals surface area contributed by atoms with Crippen LogP contribution in [0.15, 0.2) is 41.3 Å². The van der Waals surface area contributed by atoms with Crippen LogP contribution in [0.3, 0.4) is 0 Å². The molecule has 2 heterocycles. The Kier molecular flexibility index (Phi) is 6.02. The summed E-state index contributed by atoms with van der Waals surface area (Å²) in [5.41, 5.74) is -0.196. The van der Waals surface area contributed by atoms with Crippen molar-refractivity contribution < 1.29 is 27.6 Å². The number of piperidine rings is 1. The van der Waals surface area contributed by atoms with Crippen molar-refractivity contribution >= 4 is 27.2 Å². The van der Waals surface area contributed by atoms with Crippen molar-refractivity contribution in [2.24, 2.45) is 5.14 Å². The second-order valence-corrected chi connectivity index (χ2v) is 9.89. The number of Topliss-reactive ketones (excluding diaryl/α,β-unsaturated/α-hetero) is 1. The topological polar surface area (TPSA) is 142 Å². The van der Waals surface area contributed by atoms with Gasteiger partial charge in [0, 0.05) is 32.0 Å². The van der Waals surface area contributed by atoms with E-state index < -0.39 is 20.5 Å². The number of carbonyl (C=O) groups excluding carboxylic acids is 1. The fourth-order valence-electron chi connectivity index (χ4n) is 4.31. The van der Waals surface area contributed by atoms with Gasteiger partial charge in [0.2, 0.25) is 10.0 Å². The molecule has 2 N–H and O–H groups in total. The van der Waals surface area contributed by atoms with Crippen LogP contribution in [0.5, 0.6) is 11.5 Å². The number of hydrogen-bond donors (Lipinski definition) is 1. The molecule has 11 heteroatoms. The highest BCUT2D eigenvalue weighted by atomic mass is 32.2. The summed E-state index contributed by atoms with van der Waals surface area (Å²) in [6.45, 7) is 3.40. The third-order valence-corrected chi connectivity index (χ3v) is 6.93. The number of primary sulfonamides is 1. The largest absolute Gasteiger partial charge is 0.494 e. The minimum absolute atomic E-state index is 0.0184. The molecule has 176 valence electrons. The number of benzene rings is 2. The van der Waals surface area contributed by atoms with Crippen molar-refractivity contribution in [3.05, 3.63) is 52.1 Å². The summed E-state index contributed by atoms with van der Waals surface area (Å²) < 4.78 is 35.1. The smallest absolute Gasteiger partial charge is 0.293 e. The van der Waals surface area contributed by atoms with Crippen molar-refractivity contribution in [1.82, 2.24) is 0 Å². The SMILES string of the molecule is CCCOc1ccc2c(c1)C(=O)CC1(CCN(c3ccc(S(N)(=O)=O)cc3[N+](=O)[O-])CC1)O2. The van der Waals surface area contributed by atoms with Crippen LogP contribution in [-0.2, 0) is 10.0 Å². The Bertz CT molecular complexity index is 1200. The summed E-state index contributed by atoms with van der Waals surface area (Å²) in [7, 11) is -4.06. The number of sulfonamides is 1. The number of rotatable bonds is 6. The average Bonchev–Trinajstić information content (AvgIpc) is 2.77. The quantitative estimate of drug-likeness (QED) is 0.496. The van der Waals surface area contributed by atoms with Crippen LogP contribution in [0, 0.1) is 10.1 Å². The first kappa shape index (κ1) is 23.0. The number of carbonyl (C=O) groups is 1. The molecular weight excluding hydrogens is 450 g/mol. The minimum atomic E-state index is -4.06. The van der Waals surface area contributed by atoms with Crippen LogP contribution in [0.4, 0.5) is 11.4 Å². The molecule has 10 nitrogen and oxygen atoms in total. The Morgan fingerprint density at radius 2 is 1.94 bits per heavy atom. The van der Waals surface area contributed by atoms with Gasteiger partial charge >= 0.3 is 0 Å². The summed E-state index contributed by atoms with van der Waals surface area (Å²) in [6.07, 6.45) is 2.06. The molecule has 2 aromatic rings. The van der Waals surface area contributed by atoms with E-state index >= 15 is 0 Å². The normalized spacial score (nSPS) is 17.4. The molecule has 4 rings (SSSR count). The Labute approximate surface area is 191 Å². The monoisotopic (exact) mass is 475 g/mol. The van der Waals surface area contributed by atoms with E-state index in [4.69, 9.17) is 14.6 Å². The predicted molar refractivity (Wildman–Crippen MR) is 120 cm³/mol. The fourth-order valence-corrected chi connectivity index (χ4v) is 4.84. The summed E-state index contributed by atoms with van der Waals surface area (Å²) in [6, 6.07) is 8.89. The lowest BCUT2D eigenvalue weighted by Crippen LogP contribution is -2.51. The van der Waals surface area contributed by atoms with Crippen LogP contribution >= 0.6 is 0 Å². The fraction of sp³-hybridized carbons (Fsp3) is 0.409. The zero-order valence-corrected chi connectivity index (χ0v) is 19.0.